The zero-order valence-electron chi connectivity index (χ0n) is 20.6. The van der Waals surface area contributed by atoms with Crippen LogP contribution in [-0.4, -0.2) is 40.1 Å². The van der Waals surface area contributed by atoms with E-state index < -0.39 is 46.4 Å². The average molecular weight is 560 g/mol. The minimum Gasteiger partial charge on any atom is -0.478 e. The summed E-state index contributed by atoms with van der Waals surface area (Å²) in [4.78, 5) is 24.4. The van der Waals surface area contributed by atoms with E-state index in [2.05, 4.69) is 15.8 Å². The minimum atomic E-state index is -4.88. The highest BCUT2D eigenvalue weighted by Gasteiger charge is 2.46. The van der Waals surface area contributed by atoms with E-state index in [4.69, 9.17) is 11.6 Å². The zero-order chi connectivity index (χ0) is 27.9. The number of carbonyl (C=O) groups is 2. The molecular weight excluding hydrogens is 535 g/mol. The molecule has 2 aliphatic carbocycles. The predicted octanol–water partition coefficient (Wildman–Crippen LogP) is 5.81. The standard InChI is InChI=1S/C28H25ClF3N3O4/c29-19-13-18(14-6-2-1-3-7-14)25(36)24(22(19)28(30,31)32)35-34-23-21-17(10-5-11-20(21)33-26(23)37)15-8-4-9-16(12-15)27(38)39/h4-5,8-14,18,25,35-36H,1-3,6-7H2,(H,38,39)(H,33,34,37). The number of rotatable bonds is 5. The Kier molecular flexibility index (Phi) is 7.26. The fraction of sp³-hybridized carbons (Fsp3) is 0.321. The van der Waals surface area contributed by atoms with Gasteiger partial charge in [0.15, 0.2) is 5.71 Å². The average Bonchev–Trinajstić information content (AvgIpc) is 3.23. The molecular formula is C28H25ClF3N3O4. The minimum absolute atomic E-state index is 0.0273. The summed E-state index contributed by atoms with van der Waals surface area (Å²) in [5, 5.41) is 26.7. The molecule has 4 N–H and O–H groups in total. The number of carbonyl (C=O) groups excluding carboxylic acids is 1. The van der Waals surface area contributed by atoms with Crippen molar-refractivity contribution in [1.82, 2.24) is 5.43 Å². The number of aliphatic hydroxyl groups is 1. The van der Waals surface area contributed by atoms with Crippen molar-refractivity contribution in [3.63, 3.8) is 0 Å². The van der Waals surface area contributed by atoms with Gasteiger partial charge in [0.05, 0.1) is 27.6 Å². The van der Waals surface area contributed by atoms with Gasteiger partial charge in [-0.05, 0) is 48.1 Å². The van der Waals surface area contributed by atoms with Gasteiger partial charge in [0, 0.05) is 11.5 Å². The molecule has 204 valence electrons. The van der Waals surface area contributed by atoms with Crippen LogP contribution in [-0.2, 0) is 4.79 Å². The van der Waals surface area contributed by atoms with Crippen molar-refractivity contribution in [1.29, 1.82) is 0 Å². The van der Waals surface area contributed by atoms with Gasteiger partial charge in [0.1, 0.15) is 6.10 Å². The highest BCUT2D eigenvalue weighted by Crippen LogP contribution is 2.45. The zero-order valence-corrected chi connectivity index (χ0v) is 21.3. The number of aliphatic hydroxyl groups excluding tert-OH is 1. The van der Waals surface area contributed by atoms with Crippen LogP contribution in [0.1, 0.15) is 48.0 Å². The fourth-order valence-corrected chi connectivity index (χ4v) is 5.98. The van der Waals surface area contributed by atoms with E-state index in [9.17, 15) is 33.0 Å². The van der Waals surface area contributed by atoms with E-state index in [1.165, 1.54) is 18.2 Å². The molecule has 1 aliphatic heterocycles. The number of allylic oxidation sites excluding steroid dienone is 2. The molecule has 0 radical (unpaired) electrons. The van der Waals surface area contributed by atoms with E-state index in [1.54, 1.807) is 30.3 Å². The Morgan fingerprint density at radius 3 is 2.51 bits per heavy atom. The van der Waals surface area contributed by atoms with Gasteiger partial charge in [0.2, 0.25) is 0 Å². The number of halogens is 4. The van der Waals surface area contributed by atoms with Gasteiger partial charge in [-0.3, -0.25) is 10.2 Å². The first-order valence-corrected chi connectivity index (χ1v) is 12.9. The summed E-state index contributed by atoms with van der Waals surface area (Å²) in [6.07, 6.45) is -0.748. The number of alkyl halides is 3. The molecule has 2 atom stereocenters. The highest BCUT2D eigenvalue weighted by molar-refractivity contribution is 6.54. The van der Waals surface area contributed by atoms with E-state index in [1.807, 2.05) is 0 Å². The molecule has 3 aliphatic rings. The van der Waals surface area contributed by atoms with Gasteiger partial charge >= 0.3 is 12.1 Å². The van der Waals surface area contributed by atoms with Crippen LogP contribution in [0.15, 0.2) is 69.9 Å². The molecule has 2 unspecified atom stereocenters. The third-order valence-corrected chi connectivity index (χ3v) is 7.77. The second-order valence-electron chi connectivity index (χ2n) is 9.86. The van der Waals surface area contributed by atoms with Crippen LogP contribution in [0.4, 0.5) is 18.9 Å². The lowest BCUT2D eigenvalue weighted by atomic mass is 9.74. The van der Waals surface area contributed by atoms with Crippen molar-refractivity contribution < 1.29 is 33.0 Å². The van der Waals surface area contributed by atoms with Crippen LogP contribution < -0.4 is 10.7 Å². The molecule has 2 aromatic rings. The van der Waals surface area contributed by atoms with Crippen LogP contribution in [0.2, 0.25) is 0 Å². The van der Waals surface area contributed by atoms with Crippen molar-refractivity contribution >= 4 is 34.9 Å². The summed E-state index contributed by atoms with van der Waals surface area (Å²) < 4.78 is 42.2. The number of nitrogens with one attached hydrogen (secondary N) is 2. The van der Waals surface area contributed by atoms with Gasteiger partial charge in [-0.1, -0.05) is 61.2 Å². The summed E-state index contributed by atoms with van der Waals surface area (Å²) in [6.45, 7) is 0. The summed E-state index contributed by atoms with van der Waals surface area (Å²) in [5.41, 5.74) is 1.95. The van der Waals surface area contributed by atoms with Crippen molar-refractivity contribution in [2.45, 2.75) is 44.4 Å². The first kappa shape index (κ1) is 27.0. The van der Waals surface area contributed by atoms with Crippen LogP contribution in [0.5, 0.6) is 0 Å². The summed E-state index contributed by atoms with van der Waals surface area (Å²) >= 11 is 6.15. The number of hydrazone groups is 1. The normalized spacial score (nSPS) is 22.9. The molecule has 1 heterocycles. The molecule has 0 saturated heterocycles. The lowest BCUT2D eigenvalue weighted by molar-refractivity contribution is -0.110. The Morgan fingerprint density at radius 1 is 1.10 bits per heavy atom. The summed E-state index contributed by atoms with van der Waals surface area (Å²) in [5.74, 6) is -2.47. The van der Waals surface area contributed by atoms with Gasteiger partial charge in [-0.2, -0.15) is 18.3 Å². The Balaban J connectivity index is 1.56. The van der Waals surface area contributed by atoms with E-state index in [0.717, 1.165) is 32.1 Å². The first-order valence-electron chi connectivity index (χ1n) is 12.6. The number of fused-ring (bicyclic) bond motifs is 1. The Morgan fingerprint density at radius 2 is 1.82 bits per heavy atom. The quantitative estimate of drug-likeness (QED) is 0.346. The first-order chi connectivity index (χ1) is 18.6. The Labute approximate surface area is 227 Å². The van der Waals surface area contributed by atoms with Crippen molar-refractivity contribution in [2.24, 2.45) is 16.9 Å². The van der Waals surface area contributed by atoms with Crippen molar-refractivity contribution in [3.8, 4) is 11.1 Å². The van der Waals surface area contributed by atoms with Crippen LogP contribution in [0, 0.1) is 11.8 Å². The van der Waals surface area contributed by atoms with E-state index in [-0.39, 0.29) is 17.2 Å². The van der Waals surface area contributed by atoms with Gasteiger partial charge < -0.3 is 15.5 Å². The number of carboxylic acid groups (broad SMARTS) is 1. The molecule has 2 aromatic carbocycles. The fourth-order valence-electron chi connectivity index (χ4n) is 5.63. The van der Waals surface area contributed by atoms with Crippen LogP contribution >= 0.6 is 11.6 Å². The summed E-state index contributed by atoms with van der Waals surface area (Å²) in [6, 6.07) is 11.0. The largest absolute Gasteiger partial charge is 0.478 e. The Hall–Kier alpha value is -3.63. The molecule has 1 amide bonds. The van der Waals surface area contributed by atoms with E-state index >= 15 is 0 Å². The number of aromatic carboxylic acids is 1. The third kappa shape index (κ3) is 5.18. The molecule has 1 fully saturated rings. The lowest BCUT2D eigenvalue weighted by Crippen LogP contribution is -2.39. The summed E-state index contributed by atoms with van der Waals surface area (Å²) in [7, 11) is 0. The third-order valence-electron chi connectivity index (χ3n) is 7.46. The topological polar surface area (TPSA) is 111 Å². The number of nitrogens with zero attached hydrogens (tertiary/aromatic N) is 1. The van der Waals surface area contributed by atoms with Gasteiger partial charge in [0.25, 0.3) is 5.91 Å². The molecule has 0 bridgehead atoms. The van der Waals surface area contributed by atoms with Gasteiger partial charge in [-0.25, -0.2) is 4.79 Å². The maximum Gasteiger partial charge on any atom is 0.419 e. The Bertz CT molecular complexity index is 1430. The highest BCUT2D eigenvalue weighted by atomic mass is 35.5. The number of benzene rings is 2. The SMILES string of the molecule is O=C1Nc2cccc(-c3cccc(C(=O)O)c3)c2C1=NNC1=C(C(F)(F)F)C(Cl)=CC(C2CCCCC2)C1O. The monoisotopic (exact) mass is 559 g/mol. The second-order valence-corrected chi connectivity index (χ2v) is 10.3. The maximum atomic E-state index is 14.1. The number of amides is 1. The van der Waals surface area contributed by atoms with Gasteiger partial charge in [-0.15, -0.1) is 0 Å². The number of hydrogen-bond acceptors (Lipinski definition) is 5. The number of hydrogen-bond donors (Lipinski definition) is 4. The maximum absolute atomic E-state index is 14.1. The molecule has 5 rings (SSSR count). The molecule has 1 saturated carbocycles. The molecule has 7 nitrogen and oxygen atoms in total. The molecule has 0 aromatic heterocycles. The second kappa shape index (κ2) is 10.5. The number of anilines is 1. The molecule has 11 heteroatoms. The number of carboxylic acids is 1. The van der Waals surface area contributed by atoms with E-state index in [0.29, 0.717) is 22.4 Å². The van der Waals surface area contributed by atoms with Crippen molar-refractivity contribution in [2.75, 3.05) is 5.32 Å². The molecule has 0 spiro atoms. The molecule has 39 heavy (non-hydrogen) atoms. The van der Waals surface area contributed by atoms with Crippen LogP contribution in [0.3, 0.4) is 0 Å². The lowest BCUT2D eigenvalue weighted by Gasteiger charge is -2.36. The van der Waals surface area contributed by atoms with Crippen LogP contribution in [0.25, 0.3) is 11.1 Å². The van der Waals surface area contributed by atoms with Crippen molar-refractivity contribution in [3.05, 3.63) is 76.0 Å². The predicted molar refractivity (Wildman–Crippen MR) is 140 cm³/mol. The smallest absolute Gasteiger partial charge is 0.419 e.